The second-order valence-corrected chi connectivity index (χ2v) is 5.46. The minimum absolute atomic E-state index is 0.586. The molecule has 0 radical (unpaired) electrons. The summed E-state index contributed by atoms with van der Waals surface area (Å²) in [6, 6.07) is 7.05. The van der Waals surface area contributed by atoms with E-state index in [1.165, 1.54) is 36.8 Å². The molecule has 1 fully saturated rings. The van der Waals surface area contributed by atoms with Gasteiger partial charge in [0.25, 0.3) is 0 Å². The molecule has 1 aromatic rings. The molecule has 1 unspecified atom stereocenters. The van der Waals surface area contributed by atoms with Gasteiger partial charge in [-0.1, -0.05) is 30.5 Å². The maximum atomic E-state index is 5.48. The van der Waals surface area contributed by atoms with Crippen LogP contribution in [0.3, 0.4) is 0 Å². The second-order valence-electron chi connectivity index (χ2n) is 5.46. The maximum absolute atomic E-state index is 5.48. The fourth-order valence-corrected chi connectivity index (χ4v) is 3.17. The van der Waals surface area contributed by atoms with Crippen LogP contribution in [0, 0.1) is 12.8 Å². The Balaban J connectivity index is 2.12. The highest BCUT2D eigenvalue weighted by Crippen LogP contribution is 2.31. The Labute approximate surface area is 111 Å². The van der Waals surface area contributed by atoms with E-state index in [1.807, 2.05) is 0 Å². The summed E-state index contributed by atoms with van der Waals surface area (Å²) < 4.78 is 5.48. The molecule has 0 amide bonds. The summed E-state index contributed by atoms with van der Waals surface area (Å²) in [4.78, 5) is 0. The van der Waals surface area contributed by atoms with Gasteiger partial charge in [0.05, 0.1) is 7.11 Å². The molecule has 2 nitrogen and oxygen atoms in total. The molecule has 0 aromatic heterocycles. The van der Waals surface area contributed by atoms with E-state index in [4.69, 9.17) is 4.74 Å². The summed E-state index contributed by atoms with van der Waals surface area (Å²) in [7, 11) is 3.85. The number of methoxy groups -OCH3 is 1. The van der Waals surface area contributed by atoms with Gasteiger partial charge < -0.3 is 10.1 Å². The predicted octanol–water partition coefficient (Wildman–Crippen LogP) is 3.32. The number of hydrogen-bond acceptors (Lipinski definition) is 2. The van der Waals surface area contributed by atoms with Gasteiger partial charge in [-0.25, -0.2) is 0 Å². The smallest absolute Gasteiger partial charge is 0.122 e. The van der Waals surface area contributed by atoms with Gasteiger partial charge in [-0.05, 0) is 50.8 Å². The van der Waals surface area contributed by atoms with E-state index in [2.05, 4.69) is 37.5 Å². The third-order valence-electron chi connectivity index (χ3n) is 4.22. The molecule has 1 aliphatic carbocycles. The van der Waals surface area contributed by atoms with E-state index < -0.39 is 0 Å². The fraction of sp³-hybridized carbons (Fsp3) is 0.625. The summed E-state index contributed by atoms with van der Waals surface area (Å²) in [5, 5.41) is 3.51. The molecule has 0 heterocycles. The molecule has 1 aliphatic rings. The Bertz CT molecular complexity index is 383. The van der Waals surface area contributed by atoms with Crippen molar-refractivity contribution in [2.24, 2.45) is 5.92 Å². The minimum atomic E-state index is 0.586. The minimum Gasteiger partial charge on any atom is -0.496 e. The molecular formula is C16H25NO. The Kier molecular flexibility index (Phi) is 4.65. The Morgan fingerprint density at radius 2 is 2.06 bits per heavy atom. The van der Waals surface area contributed by atoms with Crippen molar-refractivity contribution in [2.75, 3.05) is 14.2 Å². The van der Waals surface area contributed by atoms with Gasteiger partial charge in [-0.3, -0.25) is 0 Å². The van der Waals surface area contributed by atoms with Crippen LogP contribution in [0.4, 0.5) is 0 Å². The largest absolute Gasteiger partial charge is 0.496 e. The standard InChI is InChI=1S/C16H25NO/c1-12-8-9-16(18-3)14(10-12)11-15(17-2)13-6-4-5-7-13/h8-10,13,15,17H,4-7,11H2,1-3H3. The Morgan fingerprint density at radius 3 is 2.67 bits per heavy atom. The molecule has 18 heavy (non-hydrogen) atoms. The van der Waals surface area contributed by atoms with Crippen molar-refractivity contribution in [3.63, 3.8) is 0 Å². The van der Waals surface area contributed by atoms with Crippen molar-refractivity contribution >= 4 is 0 Å². The van der Waals surface area contributed by atoms with Crippen LogP contribution < -0.4 is 10.1 Å². The number of ether oxygens (including phenoxy) is 1. The molecule has 2 heteroatoms. The van der Waals surface area contributed by atoms with Crippen LogP contribution in [0.5, 0.6) is 5.75 Å². The molecule has 100 valence electrons. The quantitative estimate of drug-likeness (QED) is 0.862. The first kappa shape index (κ1) is 13.4. The highest BCUT2D eigenvalue weighted by molar-refractivity contribution is 5.37. The summed E-state index contributed by atoms with van der Waals surface area (Å²) in [5.74, 6) is 1.86. The van der Waals surface area contributed by atoms with Crippen molar-refractivity contribution < 1.29 is 4.74 Å². The fourth-order valence-electron chi connectivity index (χ4n) is 3.17. The maximum Gasteiger partial charge on any atom is 0.122 e. The van der Waals surface area contributed by atoms with E-state index in [1.54, 1.807) is 7.11 Å². The molecule has 0 bridgehead atoms. The molecule has 0 aliphatic heterocycles. The molecule has 2 rings (SSSR count). The van der Waals surface area contributed by atoms with Crippen LogP contribution in [-0.2, 0) is 6.42 Å². The van der Waals surface area contributed by atoms with E-state index >= 15 is 0 Å². The number of hydrogen-bond donors (Lipinski definition) is 1. The first-order valence-corrected chi connectivity index (χ1v) is 7.05. The zero-order valence-corrected chi connectivity index (χ0v) is 11.8. The lowest BCUT2D eigenvalue weighted by Crippen LogP contribution is -2.34. The molecular weight excluding hydrogens is 222 g/mol. The number of aryl methyl sites for hydroxylation is 1. The van der Waals surface area contributed by atoms with Crippen LogP contribution >= 0.6 is 0 Å². The van der Waals surface area contributed by atoms with Crippen molar-refractivity contribution in [1.29, 1.82) is 0 Å². The molecule has 0 saturated heterocycles. The van der Waals surface area contributed by atoms with Crippen molar-refractivity contribution in [1.82, 2.24) is 5.32 Å². The normalized spacial score (nSPS) is 17.9. The monoisotopic (exact) mass is 247 g/mol. The number of nitrogens with one attached hydrogen (secondary N) is 1. The number of rotatable bonds is 5. The lowest BCUT2D eigenvalue weighted by molar-refractivity contribution is 0.365. The first-order valence-electron chi connectivity index (χ1n) is 7.05. The summed E-state index contributed by atoms with van der Waals surface area (Å²) in [5.41, 5.74) is 2.65. The van der Waals surface area contributed by atoms with E-state index in [9.17, 15) is 0 Å². The van der Waals surface area contributed by atoms with Gasteiger partial charge in [0.2, 0.25) is 0 Å². The van der Waals surface area contributed by atoms with Gasteiger partial charge in [0.15, 0.2) is 0 Å². The Morgan fingerprint density at radius 1 is 1.33 bits per heavy atom. The number of benzene rings is 1. The van der Waals surface area contributed by atoms with Crippen molar-refractivity contribution in [3.8, 4) is 5.75 Å². The average molecular weight is 247 g/mol. The van der Waals surface area contributed by atoms with Gasteiger partial charge in [-0.2, -0.15) is 0 Å². The topological polar surface area (TPSA) is 21.3 Å². The highest BCUT2D eigenvalue weighted by Gasteiger charge is 2.24. The van der Waals surface area contributed by atoms with Crippen LogP contribution in [0.15, 0.2) is 18.2 Å². The molecule has 1 aromatic carbocycles. The van der Waals surface area contributed by atoms with Gasteiger partial charge in [0.1, 0.15) is 5.75 Å². The lowest BCUT2D eigenvalue weighted by atomic mass is 9.91. The first-order chi connectivity index (χ1) is 8.74. The third kappa shape index (κ3) is 3.05. The van der Waals surface area contributed by atoms with E-state index in [0.29, 0.717) is 6.04 Å². The predicted molar refractivity (Wildman–Crippen MR) is 76.2 cm³/mol. The SMILES string of the molecule is CNC(Cc1cc(C)ccc1OC)C1CCCC1. The van der Waals surface area contributed by atoms with E-state index in [0.717, 1.165) is 18.1 Å². The lowest BCUT2D eigenvalue weighted by Gasteiger charge is -2.24. The van der Waals surface area contributed by atoms with Gasteiger partial charge in [0, 0.05) is 6.04 Å². The summed E-state index contributed by atoms with van der Waals surface area (Å²) in [6.07, 6.45) is 6.62. The molecule has 1 atom stereocenters. The van der Waals surface area contributed by atoms with Gasteiger partial charge in [-0.15, -0.1) is 0 Å². The van der Waals surface area contributed by atoms with Crippen LogP contribution in [-0.4, -0.2) is 20.2 Å². The van der Waals surface area contributed by atoms with Crippen molar-refractivity contribution in [3.05, 3.63) is 29.3 Å². The zero-order chi connectivity index (χ0) is 13.0. The third-order valence-corrected chi connectivity index (χ3v) is 4.22. The molecule has 0 spiro atoms. The van der Waals surface area contributed by atoms with Crippen molar-refractivity contribution in [2.45, 2.75) is 45.1 Å². The highest BCUT2D eigenvalue weighted by atomic mass is 16.5. The van der Waals surface area contributed by atoms with Crippen LogP contribution in [0.25, 0.3) is 0 Å². The van der Waals surface area contributed by atoms with E-state index in [-0.39, 0.29) is 0 Å². The Hall–Kier alpha value is -1.02. The van der Waals surface area contributed by atoms with Gasteiger partial charge >= 0.3 is 0 Å². The zero-order valence-electron chi connectivity index (χ0n) is 11.8. The second kappa shape index (κ2) is 6.24. The summed E-state index contributed by atoms with van der Waals surface area (Å²) in [6.45, 7) is 2.15. The van der Waals surface area contributed by atoms with Crippen LogP contribution in [0.1, 0.15) is 36.8 Å². The van der Waals surface area contributed by atoms with Crippen LogP contribution in [0.2, 0.25) is 0 Å². The molecule has 1 N–H and O–H groups in total. The number of likely N-dealkylation sites (N-methyl/N-ethyl adjacent to an activating group) is 1. The average Bonchev–Trinajstić information content (AvgIpc) is 2.90. The molecule has 1 saturated carbocycles. The summed E-state index contributed by atoms with van der Waals surface area (Å²) >= 11 is 0.